The van der Waals surface area contributed by atoms with Crippen LogP contribution in [0.2, 0.25) is 5.02 Å². The standard InChI is InChI=1S/C13H16ClN/c1-3-10(4-2)15-9-8-11-12(14)6-5-7-13(11)15/h5-10H,3-4H2,1-2H3. The highest BCUT2D eigenvalue weighted by molar-refractivity contribution is 6.35. The summed E-state index contributed by atoms with van der Waals surface area (Å²) in [6, 6.07) is 8.79. The molecule has 2 rings (SSSR count). The summed E-state index contributed by atoms with van der Waals surface area (Å²) >= 11 is 6.15. The maximum Gasteiger partial charge on any atom is 0.0499 e. The van der Waals surface area contributed by atoms with Gasteiger partial charge in [-0.1, -0.05) is 31.5 Å². The summed E-state index contributed by atoms with van der Waals surface area (Å²) in [6.07, 6.45) is 4.47. The minimum atomic E-state index is 0.584. The Morgan fingerprint density at radius 2 is 1.93 bits per heavy atom. The second-order valence-electron chi connectivity index (χ2n) is 3.87. The predicted molar refractivity (Wildman–Crippen MR) is 66.6 cm³/mol. The molecule has 0 saturated carbocycles. The molecule has 0 radical (unpaired) electrons. The number of nitrogens with zero attached hydrogens (tertiary/aromatic N) is 1. The first-order valence-corrected chi connectivity index (χ1v) is 5.90. The third kappa shape index (κ3) is 1.76. The van der Waals surface area contributed by atoms with Gasteiger partial charge in [-0.15, -0.1) is 0 Å². The van der Waals surface area contributed by atoms with Crippen LogP contribution in [0.4, 0.5) is 0 Å². The summed E-state index contributed by atoms with van der Waals surface area (Å²) < 4.78 is 2.33. The van der Waals surface area contributed by atoms with Crippen LogP contribution in [0.5, 0.6) is 0 Å². The summed E-state index contributed by atoms with van der Waals surface area (Å²) in [5, 5.41) is 2.00. The highest BCUT2D eigenvalue weighted by Gasteiger charge is 2.10. The van der Waals surface area contributed by atoms with Crippen LogP contribution >= 0.6 is 11.6 Å². The van der Waals surface area contributed by atoms with Crippen LogP contribution in [0.3, 0.4) is 0 Å². The van der Waals surface area contributed by atoms with Gasteiger partial charge >= 0.3 is 0 Å². The van der Waals surface area contributed by atoms with Crippen LogP contribution in [0.25, 0.3) is 10.9 Å². The lowest BCUT2D eigenvalue weighted by atomic mass is 10.1. The van der Waals surface area contributed by atoms with E-state index in [1.54, 1.807) is 0 Å². The Bertz CT molecular complexity index is 455. The van der Waals surface area contributed by atoms with E-state index in [4.69, 9.17) is 11.6 Å². The summed E-state index contributed by atoms with van der Waals surface area (Å²) in [6.45, 7) is 4.45. The lowest BCUT2D eigenvalue weighted by Crippen LogP contribution is -2.04. The summed E-state index contributed by atoms with van der Waals surface area (Å²) in [4.78, 5) is 0. The average molecular weight is 222 g/mol. The van der Waals surface area contributed by atoms with Crippen molar-refractivity contribution in [3.8, 4) is 0 Å². The Morgan fingerprint density at radius 1 is 1.20 bits per heavy atom. The number of aromatic nitrogens is 1. The smallest absolute Gasteiger partial charge is 0.0499 e. The minimum absolute atomic E-state index is 0.584. The third-order valence-corrected chi connectivity index (χ3v) is 3.38. The van der Waals surface area contributed by atoms with Gasteiger partial charge in [0.15, 0.2) is 0 Å². The molecule has 0 bridgehead atoms. The molecular weight excluding hydrogens is 206 g/mol. The van der Waals surface area contributed by atoms with Crippen LogP contribution in [-0.2, 0) is 0 Å². The van der Waals surface area contributed by atoms with Crippen LogP contribution in [0.1, 0.15) is 32.7 Å². The number of halogens is 1. The van der Waals surface area contributed by atoms with Crippen LogP contribution in [0, 0.1) is 0 Å². The first kappa shape index (κ1) is 10.6. The van der Waals surface area contributed by atoms with Crippen molar-refractivity contribution in [1.82, 2.24) is 4.57 Å². The monoisotopic (exact) mass is 221 g/mol. The van der Waals surface area contributed by atoms with E-state index in [1.807, 2.05) is 12.1 Å². The van der Waals surface area contributed by atoms with Gasteiger partial charge in [0, 0.05) is 28.2 Å². The van der Waals surface area contributed by atoms with Crippen LogP contribution < -0.4 is 0 Å². The molecule has 0 aliphatic heterocycles. The molecule has 0 unspecified atom stereocenters. The van der Waals surface area contributed by atoms with Gasteiger partial charge in [-0.25, -0.2) is 0 Å². The van der Waals surface area contributed by atoms with E-state index >= 15 is 0 Å². The molecule has 80 valence electrons. The van der Waals surface area contributed by atoms with E-state index in [9.17, 15) is 0 Å². The van der Waals surface area contributed by atoms with Crippen molar-refractivity contribution in [2.45, 2.75) is 32.7 Å². The van der Waals surface area contributed by atoms with E-state index in [-0.39, 0.29) is 0 Å². The van der Waals surface area contributed by atoms with Crippen molar-refractivity contribution in [2.24, 2.45) is 0 Å². The highest BCUT2D eigenvalue weighted by atomic mass is 35.5. The van der Waals surface area contributed by atoms with Gasteiger partial charge in [0.2, 0.25) is 0 Å². The fourth-order valence-corrected chi connectivity index (χ4v) is 2.38. The molecule has 15 heavy (non-hydrogen) atoms. The van der Waals surface area contributed by atoms with E-state index in [1.165, 1.54) is 5.52 Å². The molecule has 0 amide bonds. The zero-order chi connectivity index (χ0) is 10.8. The normalized spacial score (nSPS) is 11.5. The van der Waals surface area contributed by atoms with Gasteiger partial charge in [-0.2, -0.15) is 0 Å². The molecule has 0 atom stereocenters. The highest BCUT2D eigenvalue weighted by Crippen LogP contribution is 2.28. The molecule has 0 N–H and O–H groups in total. The lowest BCUT2D eigenvalue weighted by molar-refractivity contribution is 0.486. The van der Waals surface area contributed by atoms with E-state index in [0.29, 0.717) is 6.04 Å². The second kappa shape index (κ2) is 4.28. The van der Waals surface area contributed by atoms with E-state index in [0.717, 1.165) is 23.3 Å². The zero-order valence-corrected chi connectivity index (χ0v) is 9.96. The maximum absolute atomic E-state index is 6.15. The molecule has 0 spiro atoms. The number of benzene rings is 1. The van der Waals surface area contributed by atoms with Crippen molar-refractivity contribution >= 4 is 22.5 Å². The molecule has 0 aliphatic rings. The van der Waals surface area contributed by atoms with Gasteiger partial charge in [0.1, 0.15) is 0 Å². The molecule has 2 aromatic rings. The Balaban J connectivity index is 2.58. The molecule has 0 fully saturated rings. The van der Waals surface area contributed by atoms with Gasteiger partial charge in [0.05, 0.1) is 0 Å². The SMILES string of the molecule is CCC(CC)n1ccc2c(Cl)cccc21. The molecule has 0 aliphatic carbocycles. The van der Waals surface area contributed by atoms with Gasteiger partial charge in [-0.3, -0.25) is 0 Å². The number of hydrogen-bond donors (Lipinski definition) is 0. The van der Waals surface area contributed by atoms with Gasteiger partial charge < -0.3 is 4.57 Å². The Kier molecular flexibility index (Phi) is 3.01. The minimum Gasteiger partial charge on any atom is -0.344 e. The number of rotatable bonds is 3. The fraction of sp³-hybridized carbons (Fsp3) is 0.385. The van der Waals surface area contributed by atoms with Gasteiger partial charge in [0.25, 0.3) is 0 Å². The first-order chi connectivity index (χ1) is 7.27. The molecule has 1 aromatic heterocycles. The van der Waals surface area contributed by atoms with Crippen molar-refractivity contribution in [2.75, 3.05) is 0 Å². The zero-order valence-electron chi connectivity index (χ0n) is 9.20. The fourth-order valence-electron chi connectivity index (χ4n) is 2.15. The molecule has 1 heterocycles. The Labute approximate surface area is 95.7 Å². The van der Waals surface area contributed by atoms with Crippen LogP contribution in [-0.4, -0.2) is 4.57 Å². The molecule has 1 nitrogen and oxygen atoms in total. The summed E-state index contributed by atoms with van der Waals surface area (Å²) in [5.74, 6) is 0. The topological polar surface area (TPSA) is 4.93 Å². The second-order valence-corrected chi connectivity index (χ2v) is 4.27. The third-order valence-electron chi connectivity index (χ3n) is 3.05. The quantitative estimate of drug-likeness (QED) is 0.711. The van der Waals surface area contributed by atoms with E-state index < -0.39 is 0 Å². The Hall–Kier alpha value is -0.950. The van der Waals surface area contributed by atoms with Crippen molar-refractivity contribution in [3.05, 3.63) is 35.5 Å². The van der Waals surface area contributed by atoms with Crippen molar-refractivity contribution in [3.63, 3.8) is 0 Å². The predicted octanol–water partition coefficient (Wildman–Crippen LogP) is 4.66. The van der Waals surface area contributed by atoms with Crippen molar-refractivity contribution in [1.29, 1.82) is 0 Å². The van der Waals surface area contributed by atoms with E-state index in [2.05, 4.69) is 36.7 Å². The summed E-state index contributed by atoms with van der Waals surface area (Å²) in [7, 11) is 0. The van der Waals surface area contributed by atoms with Crippen molar-refractivity contribution < 1.29 is 0 Å². The largest absolute Gasteiger partial charge is 0.344 e. The Morgan fingerprint density at radius 3 is 2.60 bits per heavy atom. The average Bonchev–Trinajstić information content (AvgIpc) is 2.66. The summed E-state index contributed by atoms with van der Waals surface area (Å²) in [5.41, 5.74) is 1.25. The maximum atomic E-state index is 6.15. The molecule has 1 aromatic carbocycles. The van der Waals surface area contributed by atoms with Gasteiger partial charge in [-0.05, 0) is 31.0 Å². The number of fused-ring (bicyclic) bond motifs is 1. The molecule has 2 heteroatoms. The molecular formula is C13H16ClN. The van der Waals surface area contributed by atoms with Crippen LogP contribution in [0.15, 0.2) is 30.5 Å². The lowest BCUT2D eigenvalue weighted by Gasteiger charge is -2.16. The molecule has 0 saturated heterocycles. The number of hydrogen-bond acceptors (Lipinski definition) is 0. The first-order valence-electron chi connectivity index (χ1n) is 5.53.